The third-order valence-electron chi connectivity index (χ3n) is 1.86. The second-order valence-corrected chi connectivity index (χ2v) is 3.65. The van der Waals surface area contributed by atoms with Gasteiger partial charge >= 0.3 is 0 Å². The van der Waals surface area contributed by atoms with Gasteiger partial charge in [-0.2, -0.15) is 0 Å². The van der Waals surface area contributed by atoms with Crippen LogP contribution < -0.4 is 4.74 Å². The van der Waals surface area contributed by atoms with E-state index in [1.165, 1.54) is 0 Å². The van der Waals surface area contributed by atoms with Gasteiger partial charge in [-0.05, 0) is 38.5 Å². The first-order valence-electron chi connectivity index (χ1n) is 5.16. The third kappa shape index (κ3) is 4.17. The smallest absolute Gasteiger partial charge is 0.197 e. The Hall–Kier alpha value is -1.28. The van der Waals surface area contributed by atoms with Gasteiger partial charge in [-0.3, -0.25) is 0 Å². The largest absolute Gasteiger partial charge is 0.465 e. The van der Waals surface area contributed by atoms with Crippen molar-refractivity contribution in [1.29, 1.82) is 0 Å². The van der Waals surface area contributed by atoms with Gasteiger partial charge < -0.3 is 9.47 Å². The summed E-state index contributed by atoms with van der Waals surface area (Å²) in [4.78, 5) is 0. The average molecular weight is 206 g/mol. The number of benzene rings is 1. The van der Waals surface area contributed by atoms with Crippen LogP contribution in [0.4, 0.5) is 0 Å². The molecule has 1 aromatic carbocycles. The van der Waals surface area contributed by atoms with Crippen molar-refractivity contribution in [2.45, 2.75) is 33.2 Å². The van der Waals surface area contributed by atoms with Crippen molar-refractivity contribution < 1.29 is 9.47 Å². The standard InChI is InChI=1S/C13H18O2/c1-5-12-7-6-8-13(9-12)15-11(4)14-10(2)3/h5-11H,1H2,2-4H3. The summed E-state index contributed by atoms with van der Waals surface area (Å²) >= 11 is 0. The molecule has 0 amide bonds. The van der Waals surface area contributed by atoms with Crippen molar-refractivity contribution in [2.75, 3.05) is 0 Å². The van der Waals surface area contributed by atoms with Crippen molar-refractivity contribution in [1.82, 2.24) is 0 Å². The minimum atomic E-state index is -0.231. The monoisotopic (exact) mass is 206 g/mol. The van der Waals surface area contributed by atoms with E-state index in [0.717, 1.165) is 11.3 Å². The molecule has 0 N–H and O–H groups in total. The minimum Gasteiger partial charge on any atom is -0.465 e. The van der Waals surface area contributed by atoms with E-state index in [9.17, 15) is 0 Å². The number of hydrogen-bond acceptors (Lipinski definition) is 2. The molecule has 0 aliphatic heterocycles. The molecular weight excluding hydrogens is 188 g/mol. The number of ether oxygens (including phenoxy) is 2. The molecule has 0 fully saturated rings. The molecule has 1 unspecified atom stereocenters. The SMILES string of the molecule is C=Cc1cccc(OC(C)OC(C)C)c1. The van der Waals surface area contributed by atoms with Crippen LogP contribution >= 0.6 is 0 Å². The van der Waals surface area contributed by atoms with Crippen LogP contribution in [0.1, 0.15) is 26.3 Å². The molecule has 0 bridgehead atoms. The second kappa shape index (κ2) is 5.56. The van der Waals surface area contributed by atoms with E-state index in [1.807, 2.05) is 45.0 Å². The highest BCUT2D eigenvalue weighted by atomic mass is 16.7. The fraction of sp³-hybridized carbons (Fsp3) is 0.385. The fourth-order valence-corrected chi connectivity index (χ4v) is 1.32. The molecule has 0 saturated carbocycles. The van der Waals surface area contributed by atoms with E-state index in [0.29, 0.717) is 0 Å². The quantitative estimate of drug-likeness (QED) is 0.687. The molecule has 0 spiro atoms. The molecule has 0 heterocycles. The van der Waals surface area contributed by atoms with Crippen LogP contribution in [0, 0.1) is 0 Å². The molecule has 0 radical (unpaired) electrons. The lowest BCUT2D eigenvalue weighted by molar-refractivity contribution is -0.0950. The molecule has 0 aromatic heterocycles. The summed E-state index contributed by atoms with van der Waals surface area (Å²) in [6.07, 6.45) is 1.73. The van der Waals surface area contributed by atoms with E-state index in [-0.39, 0.29) is 12.4 Å². The maximum absolute atomic E-state index is 5.60. The van der Waals surface area contributed by atoms with E-state index < -0.39 is 0 Å². The summed E-state index contributed by atoms with van der Waals surface area (Å²) in [5.74, 6) is 0.806. The van der Waals surface area contributed by atoms with Gasteiger partial charge in [0.2, 0.25) is 0 Å². The molecule has 15 heavy (non-hydrogen) atoms. The molecule has 0 saturated heterocycles. The lowest BCUT2D eigenvalue weighted by atomic mass is 10.2. The predicted molar refractivity (Wildman–Crippen MR) is 62.8 cm³/mol. The lowest BCUT2D eigenvalue weighted by Crippen LogP contribution is -2.20. The molecule has 0 aliphatic rings. The van der Waals surface area contributed by atoms with Crippen molar-refractivity contribution in [3.05, 3.63) is 36.4 Å². The van der Waals surface area contributed by atoms with Gasteiger partial charge in [0, 0.05) is 0 Å². The molecule has 1 atom stereocenters. The van der Waals surface area contributed by atoms with Gasteiger partial charge in [-0.1, -0.05) is 24.8 Å². The van der Waals surface area contributed by atoms with Crippen LogP contribution in [-0.2, 0) is 4.74 Å². The Labute approximate surface area is 91.5 Å². The zero-order chi connectivity index (χ0) is 11.3. The van der Waals surface area contributed by atoms with Crippen molar-refractivity contribution in [3.8, 4) is 5.75 Å². The Morgan fingerprint density at radius 2 is 2.00 bits per heavy atom. The normalized spacial score (nSPS) is 12.5. The zero-order valence-corrected chi connectivity index (χ0v) is 9.57. The summed E-state index contributed by atoms with van der Waals surface area (Å²) in [6, 6.07) is 7.77. The Balaban J connectivity index is 2.59. The summed E-state index contributed by atoms with van der Waals surface area (Å²) in [5, 5.41) is 0. The van der Waals surface area contributed by atoms with Crippen LogP contribution in [0.5, 0.6) is 5.75 Å². The van der Waals surface area contributed by atoms with Gasteiger partial charge in [-0.25, -0.2) is 0 Å². The van der Waals surface area contributed by atoms with Crippen LogP contribution in [0.15, 0.2) is 30.8 Å². The van der Waals surface area contributed by atoms with Gasteiger partial charge in [0.05, 0.1) is 6.10 Å². The van der Waals surface area contributed by atoms with E-state index in [1.54, 1.807) is 6.08 Å². The van der Waals surface area contributed by atoms with Crippen LogP contribution in [-0.4, -0.2) is 12.4 Å². The van der Waals surface area contributed by atoms with Crippen LogP contribution in [0.2, 0.25) is 0 Å². The maximum Gasteiger partial charge on any atom is 0.197 e. The van der Waals surface area contributed by atoms with Crippen molar-refractivity contribution in [2.24, 2.45) is 0 Å². The molecule has 1 aromatic rings. The van der Waals surface area contributed by atoms with Crippen molar-refractivity contribution >= 4 is 6.08 Å². The maximum atomic E-state index is 5.60. The van der Waals surface area contributed by atoms with Gasteiger partial charge in [0.15, 0.2) is 6.29 Å². The molecule has 0 aliphatic carbocycles. The highest BCUT2D eigenvalue weighted by Crippen LogP contribution is 2.16. The van der Waals surface area contributed by atoms with E-state index in [4.69, 9.17) is 9.47 Å². The van der Waals surface area contributed by atoms with Crippen molar-refractivity contribution in [3.63, 3.8) is 0 Å². The molecule has 2 heteroatoms. The first kappa shape index (κ1) is 11.8. The first-order valence-corrected chi connectivity index (χ1v) is 5.16. The highest BCUT2D eigenvalue weighted by molar-refractivity contribution is 5.49. The van der Waals surface area contributed by atoms with Gasteiger partial charge in [0.25, 0.3) is 0 Å². The van der Waals surface area contributed by atoms with Gasteiger partial charge in [0.1, 0.15) is 5.75 Å². The Morgan fingerprint density at radius 1 is 1.27 bits per heavy atom. The second-order valence-electron chi connectivity index (χ2n) is 3.65. The van der Waals surface area contributed by atoms with Crippen LogP contribution in [0.25, 0.3) is 6.08 Å². The van der Waals surface area contributed by atoms with Gasteiger partial charge in [-0.15, -0.1) is 0 Å². The number of rotatable bonds is 5. The average Bonchev–Trinajstić information content (AvgIpc) is 2.16. The molecule has 2 nitrogen and oxygen atoms in total. The van der Waals surface area contributed by atoms with E-state index >= 15 is 0 Å². The topological polar surface area (TPSA) is 18.5 Å². The number of hydrogen-bond donors (Lipinski definition) is 0. The molecule has 1 rings (SSSR count). The lowest BCUT2D eigenvalue weighted by Gasteiger charge is -2.17. The third-order valence-corrected chi connectivity index (χ3v) is 1.86. The van der Waals surface area contributed by atoms with E-state index in [2.05, 4.69) is 6.58 Å². The minimum absolute atomic E-state index is 0.169. The zero-order valence-electron chi connectivity index (χ0n) is 9.57. The Kier molecular flexibility index (Phi) is 4.37. The molecule has 82 valence electrons. The summed E-state index contributed by atoms with van der Waals surface area (Å²) in [7, 11) is 0. The fourth-order valence-electron chi connectivity index (χ4n) is 1.32. The van der Waals surface area contributed by atoms with Crippen LogP contribution in [0.3, 0.4) is 0 Å². The predicted octanol–water partition coefficient (Wildman–Crippen LogP) is 3.48. The Morgan fingerprint density at radius 3 is 2.60 bits per heavy atom. The highest BCUT2D eigenvalue weighted by Gasteiger charge is 2.05. The summed E-state index contributed by atoms with van der Waals surface area (Å²) in [6.45, 7) is 9.57. The molecular formula is C13H18O2. The summed E-state index contributed by atoms with van der Waals surface area (Å²) < 4.78 is 11.1. The first-order chi connectivity index (χ1) is 7.11. The Bertz CT molecular complexity index is 318. The summed E-state index contributed by atoms with van der Waals surface area (Å²) in [5.41, 5.74) is 1.05.